The molecule has 1 saturated heterocycles. The van der Waals surface area contributed by atoms with Crippen molar-refractivity contribution in [2.45, 2.75) is 119 Å². The maximum absolute atomic E-state index is 15.9. The fourth-order valence-electron chi connectivity index (χ4n) is 7.63. The van der Waals surface area contributed by atoms with Crippen LogP contribution in [0.2, 0.25) is 5.02 Å². The molecule has 4 aromatic rings. The summed E-state index contributed by atoms with van der Waals surface area (Å²) in [5.41, 5.74) is 7.92. The zero-order valence-corrected chi connectivity index (χ0v) is 36.1. The third kappa shape index (κ3) is 8.94. The van der Waals surface area contributed by atoms with Crippen molar-refractivity contribution in [3.8, 4) is 0 Å². The molecule has 10 heteroatoms. The molecule has 0 N–H and O–H groups in total. The van der Waals surface area contributed by atoms with Gasteiger partial charge in [0.1, 0.15) is 11.7 Å². The first-order valence-electron chi connectivity index (χ1n) is 20.0. The Morgan fingerprint density at radius 2 is 1.00 bits per heavy atom. The van der Waals surface area contributed by atoms with E-state index in [0.717, 1.165) is 39.1 Å². The highest BCUT2D eigenvalue weighted by Gasteiger charge is 2.35. The van der Waals surface area contributed by atoms with Crippen molar-refractivity contribution < 1.29 is 22.0 Å². The van der Waals surface area contributed by atoms with Gasteiger partial charge in [0.15, 0.2) is 23.3 Å². The average Bonchev–Trinajstić information content (AvgIpc) is 3.15. The summed E-state index contributed by atoms with van der Waals surface area (Å²) >= 11 is 6.68. The zero-order chi connectivity index (χ0) is 42.2. The smallest absolute Gasteiger partial charge is 0.200 e. The average molecular weight is 807 g/mol. The van der Waals surface area contributed by atoms with E-state index in [1.54, 1.807) is 24.0 Å². The third-order valence-electron chi connectivity index (χ3n) is 10.8. The number of amidine groups is 2. The minimum atomic E-state index is -2.23. The molecule has 4 aromatic carbocycles. The lowest BCUT2D eigenvalue weighted by Gasteiger charge is -2.40. The van der Waals surface area contributed by atoms with Crippen LogP contribution in [0.3, 0.4) is 0 Å². The van der Waals surface area contributed by atoms with Crippen LogP contribution in [0.15, 0.2) is 52.4 Å². The number of hydrogen-bond donors (Lipinski definition) is 0. The number of benzene rings is 4. The quantitative estimate of drug-likeness (QED) is 0.0555. The topological polar surface area (TPSA) is 31.2 Å². The van der Waals surface area contributed by atoms with Crippen molar-refractivity contribution in [1.29, 1.82) is 0 Å². The summed E-state index contributed by atoms with van der Waals surface area (Å²) in [7, 11) is 0. The Kier molecular flexibility index (Phi) is 13.6. The molecule has 0 bridgehead atoms. The summed E-state index contributed by atoms with van der Waals surface area (Å²) in [6, 6.07) is 14.2. The van der Waals surface area contributed by atoms with E-state index in [1.807, 2.05) is 6.92 Å². The molecule has 306 valence electrons. The van der Waals surface area contributed by atoms with Crippen LogP contribution in [0.4, 0.5) is 33.3 Å². The molecule has 0 atom stereocenters. The van der Waals surface area contributed by atoms with E-state index in [2.05, 4.69) is 109 Å². The second kappa shape index (κ2) is 17.7. The van der Waals surface area contributed by atoms with E-state index in [9.17, 15) is 4.39 Å². The fraction of sp³-hybridized carbons (Fsp3) is 0.447. The van der Waals surface area contributed by atoms with Crippen LogP contribution in [-0.2, 0) is 0 Å². The van der Waals surface area contributed by atoms with Gasteiger partial charge in [0, 0.05) is 18.7 Å². The number of para-hydroxylation sites is 1. The second-order valence-electron chi connectivity index (χ2n) is 16.9. The largest absolute Gasteiger partial charge is 0.338 e. The van der Waals surface area contributed by atoms with Crippen LogP contribution in [0.1, 0.15) is 155 Å². The van der Waals surface area contributed by atoms with Gasteiger partial charge in [-0.25, -0.2) is 31.9 Å². The summed E-state index contributed by atoms with van der Waals surface area (Å²) in [6.45, 7) is 25.9. The fourth-order valence-corrected chi connectivity index (χ4v) is 8.00. The molecular weight excluding hydrogens is 751 g/mol. The number of hydrogen-bond acceptors (Lipinski definition) is 2. The molecule has 0 aromatic heterocycles. The van der Waals surface area contributed by atoms with Crippen LogP contribution in [0.25, 0.3) is 0 Å². The minimum Gasteiger partial charge on any atom is -0.338 e. The summed E-state index contributed by atoms with van der Waals surface area (Å²) in [6.07, 6.45) is 0.467. The normalized spacial score (nSPS) is 14.4. The molecule has 0 unspecified atom stereocenters. The van der Waals surface area contributed by atoms with Gasteiger partial charge >= 0.3 is 0 Å². The van der Waals surface area contributed by atoms with Crippen LogP contribution >= 0.6 is 11.6 Å². The molecule has 1 aliphatic heterocycles. The number of rotatable bonds is 9. The van der Waals surface area contributed by atoms with Gasteiger partial charge in [-0.15, -0.1) is 0 Å². The Morgan fingerprint density at radius 3 is 1.44 bits per heavy atom. The van der Waals surface area contributed by atoms with Crippen LogP contribution in [0.5, 0.6) is 0 Å². The number of aryl methyl sites for hydroxylation is 2. The monoisotopic (exact) mass is 806 g/mol. The van der Waals surface area contributed by atoms with Crippen molar-refractivity contribution in [1.82, 2.24) is 9.80 Å². The first-order chi connectivity index (χ1) is 26.7. The molecule has 5 rings (SSSR count). The number of aliphatic imine (C=N–C) groups is 2. The molecule has 1 fully saturated rings. The van der Waals surface area contributed by atoms with Gasteiger partial charge < -0.3 is 9.80 Å². The molecule has 0 spiro atoms. The van der Waals surface area contributed by atoms with Crippen molar-refractivity contribution in [2.75, 3.05) is 19.8 Å². The summed E-state index contributed by atoms with van der Waals surface area (Å²) in [5.74, 6) is -9.20. The maximum Gasteiger partial charge on any atom is 0.200 e. The predicted octanol–water partition coefficient (Wildman–Crippen LogP) is 14.1. The van der Waals surface area contributed by atoms with Gasteiger partial charge in [-0.3, -0.25) is 0 Å². The molecule has 1 aliphatic rings. The highest BCUT2D eigenvalue weighted by Crippen LogP contribution is 2.40. The lowest BCUT2D eigenvalue weighted by molar-refractivity contribution is 0.212. The second-order valence-corrected chi connectivity index (χ2v) is 17.3. The van der Waals surface area contributed by atoms with Gasteiger partial charge in [0.05, 0.1) is 28.6 Å². The molecule has 1 heterocycles. The number of nitrogens with zero attached hydrogens (tertiary/aromatic N) is 4. The van der Waals surface area contributed by atoms with E-state index in [4.69, 9.17) is 16.6 Å². The zero-order valence-electron chi connectivity index (χ0n) is 35.3. The van der Waals surface area contributed by atoms with E-state index in [0.29, 0.717) is 24.4 Å². The maximum atomic E-state index is 15.9. The Bertz CT molecular complexity index is 2100. The highest BCUT2D eigenvalue weighted by molar-refractivity contribution is 6.33. The third-order valence-corrected chi connectivity index (χ3v) is 11.1. The molecule has 4 nitrogen and oxygen atoms in total. The number of halogens is 6. The molecular formula is C47H56ClF5N4. The van der Waals surface area contributed by atoms with Gasteiger partial charge in [0.25, 0.3) is 0 Å². The lowest BCUT2D eigenvalue weighted by Crippen LogP contribution is -2.51. The van der Waals surface area contributed by atoms with E-state index in [-0.39, 0.29) is 53.5 Å². The molecule has 0 aliphatic carbocycles. The minimum absolute atomic E-state index is 0.0124. The standard InChI is InChI=1S/C47H56ClF5N4/c1-24(2)31-21-34(27(7)8)37(35(22-31)28(9)10)46(55-45-32(25(3)4)15-13-16-33(45)26(5)6)56-17-14-18-57(23-56)47(54-44-30(12)19-29(11)20-36(44)48)38-39(49)41(51)43(53)42(52)40(38)50/h13,15-16,19-22,24-28H,14,17-18,23H2,1-12H3. The Labute approximate surface area is 340 Å². The molecule has 0 amide bonds. The van der Waals surface area contributed by atoms with Gasteiger partial charge in [-0.1, -0.05) is 117 Å². The van der Waals surface area contributed by atoms with Crippen LogP contribution in [-0.4, -0.2) is 41.2 Å². The van der Waals surface area contributed by atoms with Gasteiger partial charge in [-0.2, -0.15) is 0 Å². The molecule has 0 saturated carbocycles. The van der Waals surface area contributed by atoms with E-state index < -0.39 is 40.5 Å². The van der Waals surface area contributed by atoms with Crippen LogP contribution < -0.4 is 0 Å². The van der Waals surface area contributed by atoms with Crippen molar-refractivity contribution in [2.24, 2.45) is 9.98 Å². The molecule has 57 heavy (non-hydrogen) atoms. The van der Waals surface area contributed by atoms with Gasteiger partial charge in [0.2, 0.25) is 5.82 Å². The highest BCUT2D eigenvalue weighted by atomic mass is 35.5. The lowest BCUT2D eigenvalue weighted by atomic mass is 9.83. The molecule has 0 radical (unpaired) electrons. The van der Waals surface area contributed by atoms with E-state index in [1.165, 1.54) is 5.56 Å². The summed E-state index contributed by atoms with van der Waals surface area (Å²) < 4.78 is 76.3. The first-order valence-corrected chi connectivity index (χ1v) is 20.4. The van der Waals surface area contributed by atoms with E-state index >= 15 is 17.6 Å². The van der Waals surface area contributed by atoms with Crippen LogP contribution in [0, 0.1) is 42.9 Å². The predicted molar refractivity (Wildman–Crippen MR) is 226 cm³/mol. The summed E-state index contributed by atoms with van der Waals surface area (Å²) in [4.78, 5) is 14.0. The summed E-state index contributed by atoms with van der Waals surface area (Å²) in [5, 5.41) is 0.185. The Hall–Kier alpha value is -4.24. The first kappa shape index (κ1) is 43.9. The SMILES string of the molecule is Cc1cc(C)c(N=C(c2c(F)c(F)c(F)c(F)c2F)N2CCCN(C(=Nc3c(C(C)C)cccc3C(C)C)c3c(C(C)C)cc(C(C)C)cc3C(C)C)C2)c(Cl)c1. The van der Waals surface area contributed by atoms with Crippen molar-refractivity contribution in [3.05, 3.63) is 127 Å². The van der Waals surface area contributed by atoms with Crippen molar-refractivity contribution >= 4 is 34.6 Å². The Balaban J connectivity index is 1.86. The Morgan fingerprint density at radius 1 is 0.561 bits per heavy atom. The van der Waals surface area contributed by atoms with Gasteiger partial charge in [-0.05, 0) is 94.9 Å². The van der Waals surface area contributed by atoms with Crippen molar-refractivity contribution in [3.63, 3.8) is 0 Å².